The van der Waals surface area contributed by atoms with E-state index in [4.69, 9.17) is 0 Å². The Bertz CT molecular complexity index is 887. The van der Waals surface area contributed by atoms with Gasteiger partial charge < -0.3 is 0 Å². The molecule has 2 heterocycles. The van der Waals surface area contributed by atoms with Crippen molar-refractivity contribution in [2.24, 2.45) is 10.3 Å². The Hall–Kier alpha value is -3.16. The lowest BCUT2D eigenvalue weighted by atomic mass is 10.1. The lowest BCUT2D eigenvalue weighted by molar-refractivity contribution is -0.123. The average Bonchev–Trinajstić information content (AvgIpc) is 3.12. The molecule has 2 amide bonds. The Kier molecular flexibility index (Phi) is 3.52. The van der Waals surface area contributed by atoms with Crippen molar-refractivity contribution >= 4 is 17.5 Å². The minimum absolute atomic E-state index is 0.0156. The molecular formula is C17H12F2N4O2. The normalized spacial score (nSPS) is 22.0. The van der Waals surface area contributed by atoms with Crippen LogP contribution in [0, 0.1) is 11.6 Å². The van der Waals surface area contributed by atoms with E-state index in [1.54, 1.807) is 0 Å². The minimum Gasteiger partial charge on any atom is -0.271 e. The molecule has 0 spiro atoms. The molecule has 0 unspecified atom stereocenters. The van der Waals surface area contributed by atoms with Crippen LogP contribution in [0.25, 0.3) is 0 Å². The van der Waals surface area contributed by atoms with Gasteiger partial charge in [0.15, 0.2) is 23.7 Å². The van der Waals surface area contributed by atoms with E-state index in [-0.39, 0.29) is 5.69 Å². The van der Waals surface area contributed by atoms with Gasteiger partial charge in [0.25, 0.3) is 11.8 Å². The largest absolute Gasteiger partial charge is 0.271 e. The van der Waals surface area contributed by atoms with E-state index in [9.17, 15) is 18.4 Å². The van der Waals surface area contributed by atoms with E-state index in [2.05, 4.69) is 10.3 Å². The van der Waals surface area contributed by atoms with Crippen molar-refractivity contribution in [1.82, 2.24) is 5.01 Å². The van der Waals surface area contributed by atoms with Crippen molar-refractivity contribution in [3.05, 3.63) is 65.7 Å². The molecule has 126 valence electrons. The molecule has 2 aliphatic rings. The van der Waals surface area contributed by atoms with Gasteiger partial charge in [-0.05, 0) is 17.7 Å². The summed E-state index contributed by atoms with van der Waals surface area (Å²) in [5.41, 5.74) is 0.895. The Morgan fingerprint density at radius 3 is 2.44 bits per heavy atom. The van der Waals surface area contributed by atoms with Crippen LogP contribution in [-0.2, 0) is 16.1 Å². The second-order valence-corrected chi connectivity index (χ2v) is 5.79. The van der Waals surface area contributed by atoms with E-state index in [1.807, 2.05) is 30.3 Å². The molecule has 0 bridgehead atoms. The van der Waals surface area contributed by atoms with Crippen LogP contribution in [0.2, 0.25) is 0 Å². The number of hydrogen-bond donors (Lipinski definition) is 0. The molecular weight excluding hydrogens is 330 g/mol. The third kappa shape index (κ3) is 2.46. The summed E-state index contributed by atoms with van der Waals surface area (Å²) < 4.78 is 26.6. The zero-order chi connectivity index (χ0) is 17.6. The van der Waals surface area contributed by atoms with E-state index >= 15 is 0 Å². The van der Waals surface area contributed by atoms with Crippen molar-refractivity contribution in [3.63, 3.8) is 0 Å². The van der Waals surface area contributed by atoms with Crippen molar-refractivity contribution < 1.29 is 18.4 Å². The second-order valence-electron chi connectivity index (χ2n) is 5.79. The zero-order valence-electron chi connectivity index (χ0n) is 12.8. The van der Waals surface area contributed by atoms with Crippen LogP contribution in [0.3, 0.4) is 0 Å². The highest BCUT2D eigenvalue weighted by Gasteiger charge is 2.54. The van der Waals surface area contributed by atoms with Gasteiger partial charge in [-0.1, -0.05) is 35.6 Å². The first-order valence-corrected chi connectivity index (χ1v) is 7.60. The average molecular weight is 342 g/mol. The fraction of sp³-hybridized carbons (Fsp3) is 0.176. The molecule has 2 atom stereocenters. The van der Waals surface area contributed by atoms with Gasteiger partial charge in [-0.2, -0.15) is 5.11 Å². The quantitative estimate of drug-likeness (QED) is 0.805. The first kappa shape index (κ1) is 15.4. The Balaban J connectivity index is 1.62. The third-order valence-corrected chi connectivity index (χ3v) is 4.21. The Morgan fingerprint density at radius 2 is 1.72 bits per heavy atom. The van der Waals surface area contributed by atoms with Crippen molar-refractivity contribution in [1.29, 1.82) is 0 Å². The topological polar surface area (TPSA) is 65.3 Å². The summed E-state index contributed by atoms with van der Waals surface area (Å²) >= 11 is 0. The van der Waals surface area contributed by atoms with Crippen LogP contribution < -0.4 is 4.90 Å². The fourth-order valence-electron chi connectivity index (χ4n) is 3.00. The molecule has 4 rings (SSSR count). The summed E-state index contributed by atoms with van der Waals surface area (Å²) in [6, 6.07) is 10.4. The monoisotopic (exact) mass is 342 g/mol. The molecule has 1 fully saturated rings. The van der Waals surface area contributed by atoms with Crippen LogP contribution in [0.5, 0.6) is 0 Å². The molecule has 2 aromatic rings. The number of fused-ring (bicyclic) bond motifs is 1. The molecule has 6 nitrogen and oxygen atoms in total. The number of carbonyl (C=O) groups excluding carboxylic acids is 2. The lowest BCUT2D eigenvalue weighted by Gasteiger charge is -2.20. The molecule has 1 saturated heterocycles. The summed E-state index contributed by atoms with van der Waals surface area (Å²) in [6.07, 6.45) is 0. The molecule has 0 aromatic heterocycles. The fourth-order valence-corrected chi connectivity index (χ4v) is 3.00. The first-order chi connectivity index (χ1) is 12.1. The standard InChI is InChI=1S/C17H12F2N4O2/c18-12-7-6-11(8-13(12)19)23-16(24)14-15(17(23)25)22(21-20-14)9-10-4-2-1-3-5-10/h1-8,14-15H,9H2/t14-,15-/m1/s1. The highest BCUT2D eigenvalue weighted by Crippen LogP contribution is 2.33. The number of nitrogens with zero attached hydrogens (tertiary/aromatic N) is 4. The molecule has 0 radical (unpaired) electrons. The van der Waals surface area contributed by atoms with Crippen LogP contribution in [0.1, 0.15) is 5.56 Å². The predicted octanol–water partition coefficient (Wildman–Crippen LogP) is 2.46. The van der Waals surface area contributed by atoms with Crippen molar-refractivity contribution in [2.45, 2.75) is 18.6 Å². The SMILES string of the molecule is O=C1[C@@H]2N=NN(Cc3ccccc3)[C@H]2C(=O)N1c1ccc(F)c(F)c1. The molecule has 25 heavy (non-hydrogen) atoms. The highest BCUT2D eigenvalue weighted by atomic mass is 19.2. The smallest absolute Gasteiger partial charge is 0.263 e. The van der Waals surface area contributed by atoms with Crippen LogP contribution in [0.15, 0.2) is 58.9 Å². The van der Waals surface area contributed by atoms with Gasteiger partial charge >= 0.3 is 0 Å². The maximum absolute atomic E-state index is 13.5. The van der Waals surface area contributed by atoms with Gasteiger partial charge in [0, 0.05) is 6.07 Å². The highest BCUT2D eigenvalue weighted by molar-refractivity contribution is 6.25. The summed E-state index contributed by atoms with van der Waals surface area (Å²) in [6.45, 7) is 0.316. The maximum Gasteiger partial charge on any atom is 0.263 e. The number of rotatable bonds is 3. The Morgan fingerprint density at radius 1 is 0.960 bits per heavy atom. The molecule has 0 saturated carbocycles. The van der Waals surface area contributed by atoms with Gasteiger partial charge in [-0.15, -0.1) is 0 Å². The van der Waals surface area contributed by atoms with Gasteiger partial charge in [-0.25, -0.2) is 13.7 Å². The van der Waals surface area contributed by atoms with Gasteiger partial charge in [0.05, 0.1) is 12.2 Å². The van der Waals surface area contributed by atoms with Gasteiger partial charge in [0.2, 0.25) is 0 Å². The Labute approximate surface area is 141 Å². The number of amides is 2. The van der Waals surface area contributed by atoms with E-state index in [0.717, 1.165) is 22.6 Å². The predicted molar refractivity (Wildman–Crippen MR) is 83.3 cm³/mol. The van der Waals surface area contributed by atoms with Crippen LogP contribution in [0.4, 0.5) is 14.5 Å². The first-order valence-electron chi connectivity index (χ1n) is 7.60. The van der Waals surface area contributed by atoms with Gasteiger partial charge in [0.1, 0.15) is 0 Å². The third-order valence-electron chi connectivity index (χ3n) is 4.21. The molecule has 8 heteroatoms. The van der Waals surface area contributed by atoms with E-state index < -0.39 is 35.5 Å². The van der Waals surface area contributed by atoms with Gasteiger partial charge in [-0.3, -0.25) is 14.6 Å². The number of halogens is 2. The molecule has 0 N–H and O–H groups in total. The maximum atomic E-state index is 13.5. The number of carbonyl (C=O) groups is 2. The summed E-state index contributed by atoms with van der Waals surface area (Å²) in [5, 5.41) is 9.27. The number of anilines is 1. The summed E-state index contributed by atoms with van der Waals surface area (Å²) in [4.78, 5) is 26.1. The van der Waals surface area contributed by atoms with Crippen LogP contribution >= 0.6 is 0 Å². The minimum atomic E-state index is -1.13. The van der Waals surface area contributed by atoms with E-state index in [1.165, 1.54) is 11.1 Å². The molecule has 0 aliphatic carbocycles. The van der Waals surface area contributed by atoms with Crippen molar-refractivity contribution in [2.75, 3.05) is 4.90 Å². The van der Waals surface area contributed by atoms with Crippen LogP contribution in [-0.4, -0.2) is 28.9 Å². The number of hydrogen-bond acceptors (Lipinski definition) is 5. The summed E-state index contributed by atoms with van der Waals surface area (Å²) in [5.74, 6) is -3.33. The lowest BCUT2D eigenvalue weighted by Crippen LogP contribution is -2.39. The molecule has 2 aromatic carbocycles. The second kappa shape index (κ2) is 5.73. The summed E-state index contributed by atoms with van der Waals surface area (Å²) in [7, 11) is 0. The number of benzene rings is 2. The molecule has 2 aliphatic heterocycles. The zero-order valence-corrected chi connectivity index (χ0v) is 12.8. The van der Waals surface area contributed by atoms with E-state index in [0.29, 0.717) is 6.54 Å². The number of imide groups is 1. The van der Waals surface area contributed by atoms with Crippen molar-refractivity contribution in [3.8, 4) is 0 Å².